The van der Waals surface area contributed by atoms with Crippen LogP contribution in [-0.4, -0.2) is 29.7 Å². The third-order valence-electron chi connectivity index (χ3n) is 1.53. The first-order chi connectivity index (χ1) is 6.61. The topological polar surface area (TPSA) is 78.4 Å². The summed E-state index contributed by atoms with van der Waals surface area (Å²) in [6.45, 7) is 3.56. The lowest BCUT2D eigenvalue weighted by Crippen LogP contribution is -2.45. The van der Waals surface area contributed by atoms with Crippen molar-refractivity contribution in [2.45, 2.75) is 26.3 Å². The van der Waals surface area contributed by atoms with Crippen LogP contribution in [0.1, 0.15) is 20.3 Å². The van der Waals surface area contributed by atoms with Crippen molar-refractivity contribution in [3.8, 4) is 11.8 Å². The first-order valence-electron chi connectivity index (χ1n) is 4.28. The minimum atomic E-state index is -1.04. The molecule has 0 fully saturated rings. The number of urea groups is 1. The van der Waals surface area contributed by atoms with Crippen LogP contribution < -0.4 is 10.6 Å². The molecule has 0 aromatic carbocycles. The fraction of sp³-hybridized carbons (Fsp3) is 0.556. The Morgan fingerprint density at radius 1 is 1.50 bits per heavy atom. The molecule has 0 aromatic rings. The molecular weight excluding hydrogens is 184 g/mol. The van der Waals surface area contributed by atoms with E-state index in [0.29, 0.717) is 6.42 Å². The first kappa shape index (κ1) is 12.3. The van der Waals surface area contributed by atoms with Gasteiger partial charge in [0.05, 0.1) is 6.54 Å². The monoisotopic (exact) mass is 198 g/mol. The maximum atomic E-state index is 11.0. The highest BCUT2D eigenvalue weighted by molar-refractivity contribution is 5.82. The van der Waals surface area contributed by atoms with Gasteiger partial charge in [-0.05, 0) is 13.3 Å². The SMILES string of the molecule is CC#CCNC(=O)NC(CC)C(=O)O. The van der Waals surface area contributed by atoms with Gasteiger partial charge in [-0.15, -0.1) is 5.92 Å². The molecule has 1 unspecified atom stereocenters. The zero-order valence-corrected chi connectivity index (χ0v) is 8.26. The van der Waals surface area contributed by atoms with Gasteiger partial charge in [-0.25, -0.2) is 9.59 Å². The number of aliphatic carboxylic acids is 1. The number of carbonyl (C=O) groups is 2. The molecule has 0 spiro atoms. The highest BCUT2D eigenvalue weighted by Crippen LogP contribution is 1.89. The van der Waals surface area contributed by atoms with Crippen molar-refractivity contribution in [3.63, 3.8) is 0 Å². The quantitative estimate of drug-likeness (QED) is 0.563. The Hall–Kier alpha value is -1.70. The summed E-state index contributed by atoms with van der Waals surface area (Å²) in [5.41, 5.74) is 0. The molecule has 0 saturated carbocycles. The third kappa shape index (κ3) is 5.04. The van der Waals surface area contributed by atoms with E-state index in [9.17, 15) is 9.59 Å². The van der Waals surface area contributed by atoms with Gasteiger partial charge in [0, 0.05) is 0 Å². The van der Waals surface area contributed by atoms with Crippen LogP contribution in [0.25, 0.3) is 0 Å². The lowest BCUT2D eigenvalue weighted by atomic mass is 10.2. The fourth-order valence-corrected chi connectivity index (χ4v) is 0.761. The van der Waals surface area contributed by atoms with E-state index < -0.39 is 18.0 Å². The molecule has 0 radical (unpaired) electrons. The van der Waals surface area contributed by atoms with Gasteiger partial charge in [-0.2, -0.15) is 0 Å². The standard InChI is InChI=1S/C9H14N2O3/c1-3-5-6-10-9(14)11-7(4-2)8(12)13/h7H,4,6H2,1-2H3,(H,12,13)(H2,10,11,14). The molecule has 1 atom stereocenters. The number of hydrogen-bond donors (Lipinski definition) is 3. The van der Waals surface area contributed by atoms with Crippen LogP contribution in [0, 0.1) is 11.8 Å². The van der Waals surface area contributed by atoms with Crippen molar-refractivity contribution < 1.29 is 14.7 Å². The number of hydrogen-bond acceptors (Lipinski definition) is 2. The van der Waals surface area contributed by atoms with Crippen LogP contribution in [-0.2, 0) is 4.79 Å². The summed E-state index contributed by atoms with van der Waals surface area (Å²) in [7, 11) is 0. The zero-order valence-electron chi connectivity index (χ0n) is 8.26. The van der Waals surface area contributed by atoms with Gasteiger partial charge in [0.1, 0.15) is 6.04 Å². The molecule has 0 rings (SSSR count). The number of carboxylic acids is 1. The average molecular weight is 198 g/mol. The van der Waals surface area contributed by atoms with Gasteiger partial charge >= 0.3 is 12.0 Å². The molecule has 3 N–H and O–H groups in total. The van der Waals surface area contributed by atoms with Gasteiger partial charge in [0.2, 0.25) is 0 Å². The van der Waals surface area contributed by atoms with Gasteiger partial charge in [-0.1, -0.05) is 12.8 Å². The average Bonchev–Trinajstić information content (AvgIpc) is 2.14. The van der Waals surface area contributed by atoms with E-state index in [-0.39, 0.29) is 6.54 Å². The minimum absolute atomic E-state index is 0.221. The molecular formula is C9H14N2O3. The van der Waals surface area contributed by atoms with Crippen LogP contribution in [0.2, 0.25) is 0 Å². The van der Waals surface area contributed by atoms with Crippen LogP contribution in [0.4, 0.5) is 4.79 Å². The molecule has 14 heavy (non-hydrogen) atoms. The summed E-state index contributed by atoms with van der Waals surface area (Å²) < 4.78 is 0. The second kappa shape index (κ2) is 6.78. The van der Waals surface area contributed by atoms with Crippen molar-refractivity contribution >= 4 is 12.0 Å². The van der Waals surface area contributed by atoms with E-state index in [4.69, 9.17) is 5.11 Å². The van der Waals surface area contributed by atoms with E-state index in [1.54, 1.807) is 13.8 Å². The van der Waals surface area contributed by atoms with E-state index in [1.807, 2.05) is 0 Å². The van der Waals surface area contributed by atoms with Crippen LogP contribution in [0.15, 0.2) is 0 Å². The molecule has 0 bridgehead atoms. The number of nitrogens with one attached hydrogen (secondary N) is 2. The van der Waals surface area contributed by atoms with E-state index >= 15 is 0 Å². The molecule has 0 heterocycles. The highest BCUT2D eigenvalue weighted by Gasteiger charge is 2.16. The van der Waals surface area contributed by atoms with E-state index in [1.165, 1.54) is 0 Å². The summed E-state index contributed by atoms with van der Waals surface area (Å²) >= 11 is 0. The van der Waals surface area contributed by atoms with Crippen LogP contribution in [0.5, 0.6) is 0 Å². The van der Waals surface area contributed by atoms with Gasteiger partial charge in [0.15, 0.2) is 0 Å². The predicted molar refractivity (Wildman–Crippen MR) is 51.7 cm³/mol. The summed E-state index contributed by atoms with van der Waals surface area (Å²) in [4.78, 5) is 21.6. The molecule has 5 heteroatoms. The first-order valence-corrected chi connectivity index (χ1v) is 4.28. The van der Waals surface area contributed by atoms with Gasteiger partial charge in [-0.3, -0.25) is 0 Å². The maximum absolute atomic E-state index is 11.0. The van der Waals surface area contributed by atoms with Gasteiger partial charge in [0.25, 0.3) is 0 Å². The van der Waals surface area contributed by atoms with E-state index in [0.717, 1.165) is 0 Å². The molecule has 0 aliphatic carbocycles. The number of carboxylic acid groups (broad SMARTS) is 1. The van der Waals surface area contributed by atoms with Gasteiger partial charge < -0.3 is 15.7 Å². The summed E-state index contributed by atoms with van der Waals surface area (Å²) in [5, 5.41) is 13.3. The van der Waals surface area contributed by atoms with Crippen molar-refractivity contribution in [2.75, 3.05) is 6.54 Å². The smallest absolute Gasteiger partial charge is 0.326 e. The van der Waals surface area contributed by atoms with Crippen LogP contribution >= 0.6 is 0 Å². The molecule has 0 aliphatic rings. The highest BCUT2D eigenvalue weighted by atomic mass is 16.4. The summed E-state index contributed by atoms with van der Waals surface area (Å²) in [6.07, 6.45) is 0.349. The molecule has 0 saturated heterocycles. The fourth-order valence-electron chi connectivity index (χ4n) is 0.761. The Bertz CT molecular complexity index is 265. The van der Waals surface area contributed by atoms with Crippen molar-refractivity contribution in [3.05, 3.63) is 0 Å². The Balaban J connectivity index is 3.89. The summed E-state index contributed by atoms with van der Waals surface area (Å²) in [6, 6.07) is -1.36. The minimum Gasteiger partial charge on any atom is -0.480 e. The predicted octanol–water partition coefficient (Wildman–Crippen LogP) is 0.172. The number of amides is 2. The third-order valence-corrected chi connectivity index (χ3v) is 1.53. The molecule has 0 aliphatic heterocycles. The lowest BCUT2D eigenvalue weighted by molar-refractivity contribution is -0.139. The Labute approximate surface area is 82.9 Å². The number of carbonyl (C=O) groups excluding carboxylic acids is 1. The Morgan fingerprint density at radius 3 is 2.57 bits per heavy atom. The van der Waals surface area contributed by atoms with Crippen molar-refractivity contribution in [1.82, 2.24) is 10.6 Å². The Kier molecular flexibility index (Phi) is 5.95. The molecule has 5 nitrogen and oxygen atoms in total. The molecule has 0 aromatic heterocycles. The lowest BCUT2D eigenvalue weighted by Gasteiger charge is -2.11. The normalized spacial score (nSPS) is 10.7. The molecule has 2 amide bonds. The second-order valence-corrected chi connectivity index (χ2v) is 2.55. The molecule has 78 valence electrons. The maximum Gasteiger partial charge on any atom is 0.326 e. The van der Waals surface area contributed by atoms with Crippen LogP contribution in [0.3, 0.4) is 0 Å². The Morgan fingerprint density at radius 2 is 2.14 bits per heavy atom. The largest absolute Gasteiger partial charge is 0.480 e. The number of rotatable bonds is 4. The summed E-state index contributed by atoms with van der Waals surface area (Å²) in [5.74, 6) is 4.20. The van der Waals surface area contributed by atoms with Crippen molar-refractivity contribution in [2.24, 2.45) is 0 Å². The second-order valence-electron chi connectivity index (χ2n) is 2.55. The van der Waals surface area contributed by atoms with Crippen molar-refractivity contribution in [1.29, 1.82) is 0 Å². The van der Waals surface area contributed by atoms with E-state index in [2.05, 4.69) is 22.5 Å². The zero-order chi connectivity index (χ0) is 11.0.